The van der Waals surface area contributed by atoms with Gasteiger partial charge in [-0.05, 0) is 36.6 Å². The van der Waals surface area contributed by atoms with Crippen LogP contribution >= 0.6 is 0 Å². The smallest absolute Gasteiger partial charge is 0.150 e. The first-order valence-corrected chi connectivity index (χ1v) is 4.67. The summed E-state index contributed by atoms with van der Waals surface area (Å²) in [4.78, 5) is 10.7. The first kappa shape index (κ1) is 10.7. The van der Waals surface area contributed by atoms with E-state index in [1.54, 1.807) is 12.1 Å². The SMILES string of the molecule is CC(CCN)c1ccc(O)cc1C=O. The number of carbonyl (C=O) groups is 1. The third-order valence-corrected chi connectivity index (χ3v) is 2.33. The Bertz CT molecular complexity index is 323. The number of hydrogen-bond donors (Lipinski definition) is 2. The highest BCUT2D eigenvalue weighted by molar-refractivity contribution is 5.78. The Hall–Kier alpha value is -1.35. The number of hydrogen-bond acceptors (Lipinski definition) is 3. The van der Waals surface area contributed by atoms with Crippen LogP contribution < -0.4 is 5.73 Å². The lowest BCUT2D eigenvalue weighted by Gasteiger charge is -2.12. The Morgan fingerprint density at radius 2 is 2.29 bits per heavy atom. The fourth-order valence-corrected chi connectivity index (χ4v) is 1.52. The minimum atomic E-state index is 0.121. The van der Waals surface area contributed by atoms with Crippen molar-refractivity contribution in [2.45, 2.75) is 19.3 Å². The maximum Gasteiger partial charge on any atom is 0.150 e. The third kappa shape index (κ3) is 2.33. The van der Waals surface area contributed by atoms with Gasteiger partial charge in [-0.1, -0.05) is 13.0 Å². The van der Waals surface area contributed by atoms with Crippen molar-refractivity contribution in [1.82, 2.24) is 0 Å². The lowest BCUT2D eigenvalue weighted by molar-refractivity contribution is 0.112. The Labute approximate surface area is 83.6 Å². The number of phenols is 1. The summed E-state index contributed by atoms with van der Waals surface area (Å²) >= 11 is 0. The van der Waals surface area contributed by atoms with E-state index < -0.39 is 0 Å². The van der Waals surface area contributed by atoms with E-state index in [2.05, 4.69) is 0 Å². The third-order valence-electron chi connectivity index (χ3n) is 2.33. The second-order valence-electron chi connectivity index (χ2n) is 3.41. The highest BCUT2D eigenvalue weighted by atomic mass is 16.3. The summed E-state index contributed by atoms with van der Waals surface area (Å²) in [7, 11) is 0. The molecular formula is C11H15NO2. The van der Waals surface area contributed by atoms with E-state index in [1.807, 2.05) is 6.92 Å². The van der Waals surface area contributed by atoms with E-state index in [1.165, 1.54) is 6.07 Å². The van der Waals surface area contributed by atoms with Crippen LogP contribution in [-0.4, -0.2) is 17.9 Å². The van der Waals surface area contributed by atoms with Crippen molar-refractivity contribution >= 4 is 6.29 Å². The van der Waals surface area contributed by atoms with Gasteiger partial charge in [0.2, 0.25) is 0 Å². The van der Waals surface area contributed by atoms with Gasteiger partial charge in [0.25, 0.3) is 0 Å². The summed E-state index contributed by atoms with van der Waals surface area (Å²) in [6.45, 7) is 2.62. The first-order chi connectivity index (χ1) is 6.69. The Balaban J connectivity index is 3.01. The Morgan fingerprint density at radius 3 is 2.86 bits per heavy atom. The van der Waals surface area contributed by atoms with Crippen molar-refractivity contribution in [2.75, 3.05) is 6.54 Å². The van der Waals surface area contributed by atoms with Gasteiger partial charge >= 0.3 is 0 Å². The maximum atomic E-state index is 10.7. The number of nitrogens with two attached hydrogens (primary N) is 1. The van der Waals surface area contributed by atoms with Crippen molar-refractivity contribution in [3.8, 4) is 5.75 Å². The van der Waals surface area contributed by atoms with Crippen molar-refractivity contribution in [2.24, 2.45) is 5.73 Å². The Morgan fingerprint density at radius 1 is 1.57 bits per heavy atom. The van der Waals surface area contributed by atoms with Crippen LogP contribution in [0, 0.1) is 0 Å². The molecule has 0 saturated heterocycles. The molecule has 0 saturated carbocycles. The van der Waals surface area contributed by atoms with Crippen LogP contribution in [0.25, 0.3) is 0 Å². The van der Waals surface area contributed by atoms with Crippen LogP contribution in [0.15, 0.2) is 18.2 Å². The van der Waals surface area contributed by atoms with Crippen LogP contribution in [0.4, 0.5) is 0 Å². The van der Waals surface area contributed by atoms with Gasteiger partial charge in [-0.25, -0.2) is 0 Å². The predicted molar refractivity (Wildman–Crippen MR) is 55.6 cm³/mol. The molecule has 3 nitrogen and oxygen atoms in total. The van der Waals surface area contributed by atoms with Gasteiger partial charge in [0.05, 0.1) is 0 Å². The first-order valence-electron chi connectivity index (χ1n) is 4.67. The summed E-state index contributed by atoms with van der Waals surface area (Å²) in [5.74, 6) is 0.372. The van der Waals surface area contributed by atoms with Crippen molar-refractivity contribution < 1.29 is 9.90 Å². The molecule has 1 atom stereocenters. The maximum absolute atomic E-state index is 10.7. The molecular weight excluding hydrogens is 178 g/mol. The molecule has 0 spiro atoms. The van der Waals surface area contributed by atoms with Gasteiger partial charge in [-0.2, -0.15) is 0 Å². The second-order valence-corrected chi connectivity index (χ2v) is 3.41. The zero-order chi connectivity index (χ0) is 10.6. The van der Waals surface area contributed by atoms with Crippen LogP contribution in [0.1, 0.15) is 35.2 Å². The van der Waals surface area contributed by atoms with Crippen LogP contribution in [-0.2, 0) is 0 Å². The molecule has 0 aliphatic heterocycles. The summed E-state index contributed by atoms with van der Waals surface area (Å²) in [6, 6.07) is 4.85. The molecule has 0 aliphatic carbocycles. The lowest BCUT2D eigenvalue weighted by Crippen LogP contribution is -2.06. The van der Waals surface area contributed by atoms with Crippen molar-refractivity contribution in [1.29, 1.82) is 0 Å². The molecule has 1 aromatic rings. The standard InChI is InChI=1S/C11H15NO2/c1-8(4-5-12)11-3-2-10(14)6-9(11)7-13/h2-3,6-8,14H,4-5,12H2,1H3. The summed E-state index contributed by atoms with van der Waals surface area (Å²) in [6.07, 6.45) is 1.60. The number of aldehydes is 1. The van der Waals surface area contributed by atoms with Gasteiger partial charge in [0.1, 0.15) is 12.0 Å². The molecule has 0 aromatic heterocycles. The highest BCUT2D eigenvalue weighted by Gasteiger charge is 2.09. The summed E-state index contributed by atoms with van der Waals surface area (Å²) in [5, 5.41) is 9.20. The second kappa shape index (κ2) is 4.77. The molecule has 3 heteroatoms. The lowest BCUT2D eigenvalue weighted by atomic mass is 9.93. The molecule has 1 aromatic carbocycles. The van der Waals surface area contributed by atoms with Crippen molar-refractivity contribution in [3.63, 3.8) is 0 Å². The number of phenolic OH excluding ortho intramolecular Hbond substituents is 1. The predicted octanol–water partition coefficient (Wildman–Crippen LogP) is 1.66. The van der Waals surface area contributed by atoms with Gasteiger partial charge in [-0.15, -0.1) is 0 Å². The normalized spacial score (nSPS) is 12.4. The number of carbonyl (C=O) groups excluding carboxylic acids is 1. The van der Waals surface area contributed by atoms with E-state index in [4.69, 9.17) is 5.73 Å². The average molecular weight is 193 g/mol. The van der Waals surface area contributed by atoms with Gasteiger partial charge in [0, 0.05) is 5.56 Å². The van der Waals surface area contributed by atoms with Crippen LogP contribution in [0.5, 0.6) is 5.75 Å². The largest absolute Gasteiger partial charge is 0.508 e. The average Bonchev–Trinajstić information content (AvgIpc) is 2.17. The molecule has 76 valence electrons. The Kier molecular flexibility index (Phi) is 3.65. The molecule has 1 unspecified atom stereocenters. The van der Waals surface area contributed by atoms with Crippen LogP contribution in [0.3, 0.4) is 0 Å². The molecule has 0 fully saturated rings. The topological polar surface area (TPSA) is 63.3 Å². The molecule has 3 N–H and O–H groups in total. The summed E-state index contributed by atoms with van der Waals surface area (Å²) in [5.41, 5.74) is 6.95. The molecule has 0 bridgehead atoms. The number of rotatable bonds is 4. The zero-order valence-electron chi connectivity index (χ0n) is 8.23. The molecule has 0 radical (unpaired) electrons. The van der Waals surface area contributed by atoms with E-state index in [0.717, 1.165) is 18.3 Å². The zero-order valence-corrected chi connectivity index (χ0v) is 8.23. The van der Waals surface area contributed by atoms with E-state index in [0.29, 0.717) is 12.1 Å². The van der Waals surface area contributed by atoms with E-state index in [-0.39, 0.29) is 11.7 Å². The van der Waals surface area contributed by atoms with Crippen molar-refractivity contribution in [3.05, 3.63) is 29.3 Å². The monoisotopic (exact) mass is 193 g/mol. The minimum Gasteiger partial charge on any atom is -0.508 e. The number of benzene rings is 1. The molecule has 14 heavy (non-hydrogen) atoms. The fourth-order valence-electron chi connectivity index (χ4n) is 1.52. The molecule has 0 aliphatic rings. The highest BCUT2D eigenvalue weighted by Crippen LogP contribution is 2.24. The van der Waals surface area contributed by atoms with Gasteiger partial charge in [-0.3, -0.25) is 4.79 Å². The summed E-state index contributed by atoms with van der Waals surface area (Å²) < 4.78 is 0. The fraction of sp³-hybridized carbons (Fsp3) is 0.364. The van der Waals surface area contributed by atoms with Gasteiger partial charge in [0.15, 0.2) is 0 Å². The molecule has 0 heterocycles. The van der Waals surface area contributed by atoms with Gasteiger partial charge < -0.3 is 10.8 Å². The van der Waals surface area contributed by atoms with E-state index in [9.17, 15) is 9.90 Å². The van der Waals surface area contributed by atoms with Crippen LogP contribution in [0.2, 0.25) is 0 Å². The number of aromatic hydroxyl groups is 1. The van der Waals surface area contributed by atoms with E-state index >= 15 is 0 Å². The molecule has 1 rings (SSSR count). The minimum absolute atomic E-state index is 0.121. The quantitative estimate of drug-likeness (QED) is 0.715. The molecule has 0 amide bonds.